The Morgan fingerprint density at radius 3 is 1.98 bits per heavy atom. The van der Waals surface area contributed by atoms with Crippen LogP contribution >= 0.6 is 0 Å². The normalized spacial score (nSPS) is 54.5. The lowest BCUT2D eigenvalue weighted by atomic mass is 9.36. The van der Waals surface area contributed by atoms with Crippen molar-refractivity contribution in [3.8, 4) is 0 Å². The van der Waals surface area contributed by atoms with E-state index in [0.717, 1.165) is 51.4 Å². The average molecular weight is 897 g/mol. The van der Waals surface area contributed by atoms with E-state index in [9.17, 15) is 51.1 Å². The average Bonchev–Trinajstić information content (AvgIpc) is 3.24. The number of rotatable bonds is 9. The Hall–Kier alpha value is -1.16. The van der Waals surface area contributed by atoms with Gasteiger partial charge in [0.15, 0.2) is 18.9 Å². The molecule has 63 heavy (non-hydrogen) atoms. The highest BCUT2D eigenvalue weighted by Crippen LogP contribution is 2.74. The van der Waals surface area contributed by atoms with Crippen LogP contribution in [0.15, 0.2) is 23.3 Å². The maximum absolute atomic E-state index is 11.8. The van der Waals surface area contributed by atoms with Crippen molar-refractivity contribution in [2.75, 3.05) is 26.4 Å². The highest BCUT2D eigenvalue weighted by molar-refractivity contribution is 5.46. The molecule has 0 aromatic rings. The molecule has 10 N–H and O–H groups in total. The summed E-state index contributed by atoms with van der Waals surface area (Å²) in [5.74, 6) is 0.346. The zero-order valence-electron chi connectivity index (χ0n) is 38.1. The Morgan fingerprint density at radius 1 is 0.635 bits per heavy atom. The summed E-state index contributed by atoms with van der Waals surface area (Å²) in [4.78, 5) is 0. The van der Waals surface area contributed by atoms with Crippen molar-refractivity contribution < 1.29 is 79.5 Å². The fourth-order valence-electron chi connectivity index (χ4n) is 14.1. The van der Waals surface area contributed by atoms with Gasteiger partial charge in [-0.05, 0) is 98.2 Å². The van der Waals surface area contributed by atoms with Gasteiger partial charge in [-0.3, -0.25) is 0 Å². The van der Waals surface area contributed by atoms with Gasteiger partial charge in [0.25, 0.3) is 0 Å². The van der Waals surface area contributed by atoms with Gasteiger partial charge >= 0.3 is 0 Å². The summed E-state index contributed by atoms with van der Waals surface area (Å²) in [5.41, 5.74) is 1.83. The molecule has 16 heteroatoms. The topological polar surface area (TPSA) is 258 Å². The lowest BCUT2D eigenvalue weighted by molar-refractivity contribution is -0.378. The van der Waals surface area contributed by atoms with Crippen LogP contribution in [-0.4, -0.2) is 170 Å². The summed E-state index contributed by atoms with van der Waals surface area (Å²) in [6.45, 7) is 14.6. The number of hydrogen-bond donors (Lipinski definition) is 10. The molecule has 3 saturated heterocycles. The third-order valence-electron chi connectivity index (χ3n) is 18.5. The zero-order valence-corrected chi connectivity index (χ0v) is 38.1. The summed E-state index contributed by atoms with van der Waals surface area (Å²) < 4.78 is 35.6. The fraction of sp³-hybridized carbons (Fsp3) is 0.915. The van der Waals surface area contributed by atoms with Crippen molar-refractivity contribution >= 4 is 0 Å². The van der Waals surface area contributed by atoms with Crippen molar-refractivity contribution in [1.29, 1.82) is 0 Å². The minimum Gasteiger partial charge on any atom is -0.396 e. The van der Waals surface area contributed by atoms with Crippen LogP contribution in [0.1, 0.15) is 106 Å². The van der Waals surface area contributed by atoms with Crippen molar-refractivity contribution in [2.45, 2.75) is 198 Å². The molecule has 0 amide bonds. The smallest absolute Gasteiger partial charge is 0.187 e. The first-order valence-electron chi connectivity index (χ1n) is 23.5. The van der Waals surface area contributed by atoms with E-state index in [1.165, 1.54) is 11.1 Å². The molecule has 8 aliphatic rings. The first-order chi connectivity index (χ1) is 29.5. The molecule has 22 atom stereocenters. The molecule has 360 valence electrons. The summed E-state index contributed by atoms with van der Waals surface area (Å²) >= 11 is 0. The van der Waals surface area contributed by atoms with Crippen LogP contribution in [0.25, 0.3) is 0 Å². The lowest BCUT2D eigenvalue weighted by Crippen LogP contribution is -2.66. The number of aliphatic hydroxyl groups excluding tert-OH is 10. The summed E-state index contributed by atoms with van der Waals surface area (Å²) in [6, 6.07) is 0. The first-order valence-corrected chi connectivity index (χ1v) is 23.5. The van der Waals surface area contributed by atoms with E-state index in [2.05, 4.69) is 53.7 Å². The van der Waals surface area contributed by atoms with Gasteiger partial charge in [-0.2, -0.15) is 0 Å². The summed E-state index contributed by atoms with van der Waals surface area (Å²) in [5, 5.41) is 108. The maximum atomic E-state index is 11.8. The van der Waals surface area contributed by atoms with Gasteiger partial charge in [-0.1, -0.05) is 64.8 Å². The maximum Gasteiger partial charge on any atom is 0.187 e. The van der Waals surface area contributed by atoms with Crippen molar-refractivity contribution in [3.63, 3.8) is 0 Å². The molecule has 0 radical (unpaired) electrons. The number of allylic oxidation sites excluding steroid dienone is 4. The van der Waals surface area contributed by atoms with Crippen LogP contribution < -0.4 is 0 Å². The van der Waals surface area contributed by atoms with Crippen LogP contribution in [0.4, 0.5) is 0 Å². The van der Waals surface area contributed by atoms with Crippen LogP contribution in [0.3, 0.4) is 0 Å². The number of fused-ring (bicyclic) bond motifs is 7. The predicted molar refractivity (Wildman–Crippen MR) is 224 cm³/mol. The second kappa shape index (κ2) is 17.1. The van der Waals surface area contributed by atoms with Gasteiger partial charge < -0.3 is 79.5 Å². The SMILES string of the molecule is C[C@H]1O[C@@H](O[C@H]2CC[C@]3(C)C4=CC=C5[C@@H]6CC(C)(C)CC[C@]6(CO)CC[C@@]5(C)[C@]4(C)CC[C@H]3[C@]2(C)CO)[C@H](O)[C@@H](O[C@@H]2O[C@H](CO)[C@@H](O[C@@H]3OC[C@@H](O)[C@H](O)[C@H]3O)[C@H](O)[C@H]2O)[C@H]1O. The highest BCUT2D eigenvalue weighted by Gasteiger charge is 2.67. The van der Waals surface area contributed by atoms with Crippen LogP contribution in [0.5, 0.6) is 0 Å². The van der Waals surface area contributed by atoms with E-state index in [4.69, 9.17) is 28.4 Å². The molecule has 0 aromatic heterocycles. The number of aliphatic hydroxyl groups is 10. The highest BCUT2D eigenvalue weighted by atomic mass is 16.8. The molecule has 3 aliphatic heterocycles. The summed E-state index contributed by atoms with van der Waals surface area (Å²) in [6.07, 6.45) is -8.59. The standard InChI is InChI=1S/C47H76O16/c1-23-31(52)38(63-40-35(56)33(54)37(27(19-48)60-40)62-39-34(55)32(53)26(51)20-58-39)36(57)41(59-23)61-30-11-12-43(4)28(44(30,5)21-49)10-13-46(7)29(43)9-8-24-25-18-42(2,3)14-16-47(25,22-50)17-15-45(24,46)6/h8-9,23,25-28,30-41,48-57H,10-22H2,1-7H3/t23-,25+,26-,27-,28-,30+,31+,32+,33-,34-,35-,36-,37-,38+,39+,40+,41+,43+,44+,45-,46-,47-/m1/s1. The molecule has 16 nitrogen and oxygen atoms in total. The van der Waals surface area contributed by atoms with Crippen molar-refractivity contribution in [1.82, 2.24) is 0 Å². The van der Waals surface area contributed by atoms with Crippen molar-refractivity contribution in [3.05, 3.63) is 23.3 Å². The second-order valence-corrected chi connectivity index (χ2v) is 22.5. The molecule has 7 fully saturated rings. The number of ether oxygens (including phenoxy) is 6. The van der Waals surface area contributed by atoms with Gasteiger partial charge in [0.1, 0.15) is 61.0 Å². The fourth-order valence-corrected chi connectivity index (χ4v) is 14.1. The Labute approximate surface area is 371 Å². The van der Waals surface area contributed by atoms with Gasteiger partial charge in [0.05, 0.1) is 32.0 Å². The Morgan fingerprint density at radius 2 is 1.30 bits per heavy atom. The van der Waals surface area contributed by atoms with E-state index in [1.807, 2.05) is 0 Å². The molecule has 3 heterocycles. The minimum atomic E-state index is -1.85. The molecule has 0 spiro atoms. The van der Waals surface area contributed by atoms with Crippen LogP contribution in [0, 0.1) is 44.3 Å². The quantitative estimate of drug-likeness (QED) is 0.146. The monoisotopic (exact) mass is 897 g/mol. The van der Waals surface area contributed by atoms with Gasteiger partial charge in [0, 0.05) is 17.4 Å². The Balaban J connectivity index is 0.990. The molecule has 0 unspecified atom stereocenters. The Bertz CT molecular complexity index is 1720. The van der Waals surface area contributed by atoms with E-state index in [1.54, 1.807) is 6.92 Å². The molecule has 8 rings (SSSR count). The molecular formula is C47H76O16. The predicted octanol–water partition coefficient (Wildman–Crippen LogP) is 1.17. The second-order valence-electron chi connectivity index (χ2n) is 22.5. The van der Waals surface area contributed by atoms with Crippen molar-refractivity contribution in [2.24, 2.45) is 44.3 Å². The zero-order chi connectivity index (χ0) is 45.8. The third-order valence-corrected chi connectivity index (χ3v) is 18.5. The van der Waals surface area contributed by atoms with E-state index < -0.39 is 104 Å². The van der Waals surface area contributed by atoms with Gasteiger partial charge in [-0.15, -0.1) is 0 Å². The minimum absolute atomic E-state index is 0.0162. The van der Waals surface area contributed by atoms with Gasteiger partial charge in [0.2, 0.25) is 0 Å². The lowest BCUT2D eigenvalue weighted by Gasteiger charge is -2.69. The van der Waals surface area contributed by atoms with E-state index >= 15 is 0 Å². The summed E-state index contributed by atoms with van der Waals surface area (Å²) in [7, 11) is 0. The number of hydrogen-bond acceptors (Lipinski definition) is 16. The third kappa shape index (κ3) is 7.57. The molecule has 0 aromatic carbocycles. The molecule has 4 saturated carbocycles. The molecular weight excluding hydrogens is 821 g/mol. The first kappa shape index (κ1) is 48.3. The Kier molecular flexibility index (Phi) is 13.1. The molecule has 0 bridgehead atoms. The van der Waals surface area contributed by atoms with E-state index in [-0.39, 0.29) is 52.8 Å². The molecule has 5 aliphatic carbocycles. The van der Waals surface area contributed by atoms with Crippen LogP contribution in [0.2, 0.25) is 0 Å². The van der Waals surface area contributed by atoms with E-state index in [0.29, 0.717) is 12.3 Å². The van der Waals surface area contributed by atoms with Crippen LogP contribution in [-0.2, 0) is 28.4 Å². The van der Waals surface area contributed by atoms with Gasteiger partial charge in [-0.25, -0.2) is 0 Å². The largest absolute Gasteiger partial charge is 0.396 e.